The topological polar surface area (TPSA) is 66.4 Å². The number of carbonyl (C=O) groups is 2. The fourth-order valence-corrected chi connectivity index (χ4v) is 2.35. The molecule has 0 aromatic heterocycles. The first-order valence-corrected chi connectivity index (χ1v) is 6.98. The Labute approximate surface area is 123 Å². The lowest BCUT2D eigenvalue weighted by Gasteiger charge is -2.18. The molecule has 1 atom stereocenters. The van der Waals surface area contributed by atoms with Gasteiger partial charge in [0.15, 0.2) is 5.78 Å². The number of carboxylic acid groups (broad SMARTS) is 1. The number of Topliss-reactive ketones (excluding diaryl/α,β-unsaturated/α-hetero) is 1. The number of hydrogen-bond acceptors (Lipinski definition) is 3. The Morgan fingerprint density at radius 2 is 1.76 bits per heavy atom. The number of nitrogens with one attached hydrogen (secondary N) is 1. The molecule has 21 heavy (non-hydrogen) atoms. The highest BCUT2D eigenvalue weighted by atomic mass is 16.4. The molecule has 0 spiro atoms. The van der Waals surface area contributed by atoms with E-state index in [1.807, 2.05) is 50.2 Å². The minimum atomic E-state index is -0.984. The Bertz CT molecular complexity index is 664. The lowest BCUT2D eigenvalue weighted by atomic mass is 9.98. The number of ketones is 1. The third-order valence-corrected chi connectivity index (χ3v) is 3.26. The average Bonchev–Trinajstić information content (AvgIpc) is 2.44. The number of benzene rings is 2. The van der Waals surface area contributed by atoms with Crippen molar-refractivity contribution >= 4 is 22.5 Å². The molecule has 0 aliphatic carbocycles. The molecule has 0 fully saturated rings. The molecule has 2 aromatic rings. The maximum Gasteiger partial charge on any atom is 0.305 e. The van der Waals surface area contributed by atoms with Crippen LogP contribution in [-0.4, -0.2) is 28.9 Å². The summed E-state index contributed by atoms with van der Waals surface area (Å²) in [6, 6.07) is 12.6. The Kier molecular flexibility index (Phi) is 4.70. The van der Waals surface area contributed by atoms with Crippen LogP contribution in [0.3, 0.4) is 0 Å². The lowest BCUT2D eigenvalue weighted by molar-refractivity contribution is -0.137. The van der Waals surface area contributed by atoms with E-state index in [0.717, 1.165) is 10.8 Å². The average molecular weight is 285 g/mol. The zero-order chi connectivity index (χ0) is 15.4. The zero-order valence-corrected chi connectivity index (χ0v) is 12.2. The molecule has 0 amide bonds. The van der Waals surface area contributed by atoms with Gasteiger partial charge in [-0.2, -0.15) is 0 Å². The summed E-state index contributed by atoms with van der Waals surface area (Å²) < 4.78 is 0. The lowest BCUT2D eigenvalue weighted by Crippen LogP contribution is -2.42. The van der Waals surface area contributed by atoms with Gasteiger partial charge in [0.25, 0.3) is 0 Å². The fourth-order valence-electron chi connectivity index (χ4n) is 2.35. The van der Waals surface area contributed by atoms with Crippen molar-refractivity contribution in [1.82, 2.24) is 5.32 Å². The normalized spacial score (nSPS) is 12.5. The second kappa shape index (κ2) is 6.50. The highest BCUT2D eigenvalue weighted by Crippen LogP contribution is 2.17. The van der Waals surface area contributed by atoms with Crippen LogP contribution in [0.4, 0.5) is 0 Å². The second-order valence-corrected chi connectivity index (χ2v) is 5.40. The highest BCUT2D eigenvalue weighted by Gasteiger charge is 2.23. The first-order valence-electron chi connectivity index (χ1n) is 6.98. The SMILES string of the molecule is CC(C)NC(CC(=O)O)C(=O)c1ccc2ccccc2c1. The van der Waals surface area contributed by atoms with E-state index in [9.17, 15) is 9.59 Å². The zero-order valence-electron chi connectivity index (χ0n) is 12.2. The number of rotatable bonds is 6. The summed E-state index contributed by atoms with van der Waals surface area (Å²) in [5.41, 5.74) is 0.535. The van der Waals surface area contributed by atoms with Crippen LogP contribution in [0.1, 0.15) is 30.6 Å². The molecule has 0 heterocycles. The molecule has 110 valence electrons. The standard InChI is InChI=1S/C17H19NO3/c1-11(2)18-15(10-16(19)20)17(21)14-8-7-12-5-3-4-6-13(12)9-14/h3-9,11,15,18H,10H2,1-2H3,(H,19,20). The molecule has 4 nitrogen and oxygen atoms in total. The van der Waals surface area contributed by atoms with Crippen LogP contribution in [0.15, 0.2) is 42.5 Å². The Balaban J connectivity index is 2.30. The Morgan fingerprint density at radius 3 is 2.38 bits per heavy atom. The molecule has 2 N–H and O–H groups in total. The highest BCUT2D eigenvalue weighted by molar-refractivity contribution is 6.04. The maximum atomic E-state index is 12.5. The molecule has 0 saturated carbocycles. The van der Waals surface area contributed by atoms with Crippen molar-refractivity contribution in [3.63, 3.8) is 0 Å². The summed E-state index contributed by atoms with van der Waals surface area (Å²) in [6.45, 7) is 3.78. The van der Waals surface area contributed by atoms with Crippen molar-refractivity contribution in [3.8, 4) is 0 Å². The molecule has 2 rings (SSSR count). The van der Waals surface area contributed by atoms with E-state index in [0.29, 0.717) is 5.56 Å². The summed E-state index contributed by atoms with van der Waals surface area (Å²) in [7, 11) is 0. The van der Waals surface area contributed by atoms with Gasteiger partial charge in [0.1, 0.15) is 0 Å². The van der Waals surface area contributed by atoms with Crippen molar-refractivity contribution in [2.45, 2.75) is 32.4 Å². The summed E-state index contributed by atoms with van der Waals surface area (Å²) in [5.74, 6) is -1.17. The molecule has 1 unspecified atom stereocenters. The van der Waals surface area contributed by atoms with Crippen molar-refractivity contribution in [2.75, 3.05) is 0 Å². The van der Waals surface area contributed by atoms with Crippen molar-refractivity contribution < 1.29 is 14.7 Å². The monoisotopic (exact) mass is 285 g/mol. The molecule has 0 radical (unpaired) electrons. The second-order valence-electron chi connectivity index (χ2n) is 5.40. The maximum absolute atomic E-state index is 12.5. The first-order chi connectivity index (χ1) is 9.97. The van der Waals surface area contributed by atoms with Crippen LogP contribution in [0, 0.1) is 0 Å². The smallest absolute Gasteiger partial charge is 0.305 e. The predicted molar refractivity (Wildman–Crippen MR) is 82.6 cm³/mol. The van der Waals surface area contributed by atoms with Gasteiger partial charge in [-0.15, -0.1) is 0 Å². The largest absolute Gasteiger partial charge is 0.481 e. The minimum absolute atomic E-state index is 0.0405. The van der Waals surface area contributed by atoms with Crippen molar-refractivity contribution in [2.24, 2.45) is 0 Å². The van der Waals surface area contributed by atoms with E-state index in [4.69, 9.17) is 5.11 Å². The van der Waals surface area contributed by atoms with Crippen LogP contribution >= 0.6 is 0 Å². The van der Waals surface area contributed by atoms with Gasteiger partial charge in [-0.3, -0.25) is 9.59 Å². The van der Waals surface area contributed by atoms with E-state index in [-0.39, 0.29) is 18.2 Å². The van der Waals surface area contributed by atoms with E-state index in [2.05, 4.69) is 5.32 Å². The minimum Gasteiger partial charge on any atom is -0.481 e. The molecular weight excluding hydrogens is 266 g/mol. The predicted octanol–water partition coefficient (Wildman–Crippen LogP) is 2.86. The van der Waals surface area contributed by atoms with Crippen molar-refractivity contribution in [1.29, 1.82) is 0 Å². The third-order valence-electron chi connectivity index (χ3n) is 3.26. The molecule has 0 bridgehead atoms. The van der Waals surface area contributed by atoms with Gasteiger partial charge in [0, 0.05) is 11.6 Å². The van der Waals surface area contributed by atoms with Gasteiger partial charge in [-0.1, -0.05) is 50.2 Å². The van der Waals surface area contributed by atoms with E-state index < -0.39 is 12.0 Å². The molecule has 0 saturated heterocycles. The van der Waals surface area contributed by atoms with Crippen LogP contribution in [-0.2, 0) is 4.79 Å². The van der Waals surface area contributed by atoms with Crippen LogP contribution in [0.5, 0.6) is 0 Å². The molecular formula is C17H19NO3. The summed E-state index contributed by atoms with van der Waals surface area (Å²) in [6.07, 6.45) is -0.218. The third kappa shape index (κ3) is 3.89. The molecule has 2 aromatic carbocycles. The summed E-state index contributed by atoms with van der Waals surface area (Å²) in [5, 5.41) is 14.0. The van der Waals surface area contributed by atoms with Crippen molar-refractivity contribution in [3.05, 3.63) is 48.0 Å². The van der Waals surface area contributed by atoms with E-state index in [1.54, 1.807) is 6.07 Å². The van der Waals surface area contributed by atoms with Crippen LogP contribution in [0.2, 0.25) is 0 Å². The fraction of sp³-hybridized carbons (Fsp3) is 0.294. The Hall–Kier alpha value is -2.20. The summed E-state index contributed by atoms with van der Waals surface area (Å²) in [4.78, 5) is 23.5. The van der Waals surface area contributed by atoms with Gasteiger partial charge in [0.2, 0.25) is 0 Å². The van der Waals surface area contributed by atoms with Gasteiger partial charge in [-0.25, -0.2) is 0 Å². The summed E-state index contributed by atoms with van der Waals surface area (Å²) >= 11 is 0. The van der Waals surface area contributed by atoms with Gasteiger partial charge in [-0.05, 0) is 16.8 Å². The van der Waals surface area contributed by atoms with Gasteiger partial charge < -0.3 is 10.4 Å². The van der Waals surface area contributed by atoms with E-state index in [1.165, 1.54) is 0 Å². The number of fused-ring (bicyclic) bond motifs is 1. The molecule has 0 aliphatic heterocycles. The number of carboxylic acids is 1. The number of hydrogen-bond donors (Lipinski definition) is 2. The molecule has 0 aliphatic rings. The van der Waals surface area contributed by atoms with Crippen LogP contribution in [0.25, 0.3) is 10.8 Å². The van der Waals surface area contributed by atoms with E-state index >= 15 is 0 Å². The molecule has 4 heteroatoms. The van der Waals surface area contributed by atoms with Crippen LogP contribution < -0.4 is 5.32 Å². The number of carbonyl (C=O) groups excluding carboxylic acids is 1. The quantitative estimate of drug-likeness (QED) is 0.801. The number of aliphatic carboxylic acids is 1. The van der Waals surface area contributed by atoms with Gasteiger partial charge >= 0.3 is 5.97 Å². The first kappa shape index (κ1) is 15.2. The van der Waals surface area contributed by atoms with Gasteiger partial charge in [0.05, 0.1) is 12.5 Å². The Morgan fingerprint density at radius 1 is 1.10 bits per heavy atom.